The van der Waals surface area contributed by atoms with Gasteiger partial charge in [-0.2, -0.15) is 0 Å². The molecule has 8 heteroatoms. The van der Waals surface area contributed by atoms with Crippen LogP contribution in [-0.2, 0) is 9.47 Å². The van der Waals surface area contributed by atoms with Crippen LogP contribution >= 0.6 is 0 Å². The molecule has 0 bridgehead atoms. The van der Waals surface area contributed by atoms with Gasteiger partial charge in [0.1, 0.15) is 17.0 Å². The molecule has 0 saturated carbocycles. The first-order valence-corrected chi connectivity index (χ1v) is 11.4. The average molecular weight is 450 g/mol. The van der Waals surface area contributed by atoms with Crippen LogP contribution in [0.3, 0.4) is 0 Å². The number of ether oxygens (including phenoxy) is 2. The van der Waals surface area contributed by atoms with Gasteiger partial charge in [0, 0.05) is 36.3 Å². The van der Waals surface area contributed by atoms with Crippen molar-refractivity contribution in [3.8, 4) is 0 Å². The number of hydrogen-bond acceptors (Lipinski definition) is 5. The Morgan fingerprint density at radius 2 is 1.84 bits per heavy atom. The van der Waals surface area contributed by atoms with Crippen LogP contribution in [0.25, 0.3) is 0 Å². The topological polar surface area (TPSA) is 79.9 Å². The van der Waals surface area contributed by atoms with Gasteiger partial charge in [-0.05, 0) is 79.0 Å². The third kappa shape index (κ3) is 6.04. The van der Waals surface area contributed by atoms with Crippen molar-refractivity contribution in [3.05, 3.63) is 29.6 Å². The minimum atomic E-state index is -0.598. The average Bonchev–Trinajstić information content (AvgIpc) is 3.08. The van der Waals surface area contributed by atoms with Crippen molar-refractivity contribution in [2.75, 3.05) is 18.4 Å². The quantitative estimate of drug-likeness (QED) is 0.616. The van der Waals surface area contributed by atoms with E-state index in [1.165, 1.54) is 12.1 Å². The van der Waals surface area contributed by atoms with Crippen LogP contribution in [0.5, 0.6) is 0 Å². The van der Waals surface area contributed by atoms with Crippen molar-refractivity contribution < 1.29 is 23.5 Å². The number of nitrogens with one attached hydrogen (secondary N) is 2. The third-order valence-electron chi connectivity index (χ3n) is 5.62. The van der Waals surface area contributed by atoms with Crippen LogP contribution in [0, 0.1) is 11.7 Å². The summed E-state index contributed by atoms with van der Waals surface area (Å²) < 4.78 is 25.0. The molecule has 0 unspecified atom stereocenters. The highest BCUT2D eigenvalue weighted by Gasteiger charge is 2.46. The van der Waals surface area contributed by atoms with Gasteiger partial charge in [0.05, 0.1) is 6.04 Å². The van der Waals surface area contributed by atoms with Crippen LogP contribution < -0.4 is 10.6 Å². The molecule has 2 N–H and O–H groups in total. The summed E-state index contributed by atoms with van der Waals surface area (Å²) in [5.74, 6) is -0.182. The summed E-state index contributed by atoms with van der Waals surface area (Å²) in [4.78, 5) is 26.5. The zero-order valence-electron chi connectivity index (χ0n) is 20.0. The smallest absolute Gasteiger partial charge is 0.410 e. The van der Waals surface area contributed by atoms with Gasteiger partial charge in [-0.25, -0.2) is 14.0 Å². The molecule has 7 nitrogen and oxygen atoms in total. The lowest BCUT2D eigenvalue weighted by molar-refractivity contribution is 0.0196. The van der Waals surface area contributed by atoms with Crippen molar-refractivity contribution in [2.45, 2.75) is 84.1 Å². The molecule has 2 aliphatic rings. The number of alkyl carbamates (subject to hydrolysis) is 1. The minimum Gasteiger partial charge on any atom is -0.444 e. The number of hydrogen-bond donors (Lipinski definition) is 2. The lowest BCUT2D eigenvalue weighted by Crippen LogP contribution is -2.43. The fourth-order valence-electron chi connectivity index (χ4n) is 4.49. The molecule has 1 aromatic carbocycles. The molecule has 0 radical (unpaired) electrons. The van der Waals surface area contributed by atoms with Crippen molar-refractivity contribution in [2.24, 2.45) is 5.92 Å². The van der Waals surface area contributed by atoms with Gasteiger partial charge in [0.2, 0.25) is 0 Å². The summed E-state index contributed by atoms with van der Waals surface area (Å²) in [7, 11) is 0. The largest absolute Gasteiger partial charge is 0.444 e. The Bertz CT molecular complexity index is 847. The zero-order chi connectivity index (χ0) is 23.7. The number of carbonyl (C=O) groups is 2. The molecule has 0 spiro atoms. The van der Waals surface area contributed by atoms with E-state index in [9.17, 15) is 14.0 Å². The molecular formula is C24H36FN3O4. The lowest BCUT2D eigenvalue weighted by atomic mass is 9.81. The van der Waals surface area contributed by atoms with E-state index in [2.05, 4.69) is 10.6 Å². The molecule has 0 aliphatic carbocycles. The first kappa shape index (κ1) is 24.1. The van der Waals surface area contributed by atoms with Gasteiger partial charge in [-0.15, -0.1) is 0 Å². The van der Waals surface area contributed by atoms with Gasteiger partial charge >= 0.3 is 12.2 Å². The molecule has 2 amide bonds. The number of likely N-dealkylation sites (tertiary alicyclic amines) is 1. The van der Waals surface area contributed by atoms with E-state index in [1.807, 2.05) is 41.5 Å². The molecule has 2 heterocycles. The Balaban J connectivity index is 1.69. The standard InChI is InChI=1S/C24H36FN3O4/c1-23(2,3)31-21(29)26-12-7-8-18-16-11-13-28(22(30)32-24(4,5)6)20(16)17-14-15(25)9-10-19(17)27-18/h9-10,14,16,18,20,27H,7-8,11-13H2,1-6H3,(H,26,29)/t16-,18+,20-/m0/s1. The molecule has 32 heavy (non-hydrogen) atoms. The van der Waals surface area contributed by atoms with Crippen molar-refractivity contribution in [1.29, 1.82) is 0 Å². The van der Waals surface area contributed by atoms with Gasteiger partial charge < -0.3 is 25.0 Å². The van der Waals surface area contributed by atoms with Crippen molar-refractivity contribution in [1.82, 2.24) is 10.2 Å². The monoisotopic (exact) mass is 449 g/mol. The summed E-state index contributed by atoms with van der Waals surface area (Å²) >= 11 is 0. The maximum Gasteiger partial charge on any atom is 0.410 e. The number of carbonyl (C=O) groups excluding carboxylic acids is 2. The first-order valence-electron chi connectivity index (χ1n) is 11.4. The van der Waals surface area contributed by atoms with Gasteiger partial charge in [-0.1, -0.05) is 0 Å². The fourth-order valence-corrected chi connectivity index (χ4v) is 4.49. The number of nitrogens with zero attached hydrogens (tertiary/aromatic N) is 1. The molecule has 178 valence electrons. The Morgan fingerprint density at radius 1 is 1.16 bits per heavy atom. The summed E-state index contributed by atoms with van der Waals surface area (Å²) in [5.41, 5.74) is 0.505. The predicted octanol–water partition coefficient (Wildman–Crippen LogP) is 5.22. The van der Waals surface area contributed by atoms with E-state index in [4.69, 9.17) is 9.47 Å². The molecular weight excluding hydrogens is 413 g/mol. The number of halogens is 1. The Kier molecular flexibility index (Phi) is 6.91. The van der Waals surface area contributed by atoms with E-state index in [1.54, 1.807) is 11.0 Å². The van der Waals surface area contributed by atoms with E-state index >= 15 is 0 Å². The highest BCUT2D eigenvalue weighted by molar-refractivity contribution is 5.71. The number of rotatable bonds is 4. The molecule has 1 fully saturated rings. The van der Waals surface area contributed by atoms with Crippen LogP contribution in [0.2, 0.25) is 0 Å². The Hall–Kier alpha value is -2.51. The highest BCUT2D eigenvalue weighted by atomic mass is 19.1. The van der Waals surface area contributed by atoms with E-state index in [0.29, 0.717) is 13.1 Å². The third-order valence-corrected chi connectivity index (χ3v) is 5.62. The molecule has 1 aromatic rings. The van der Waals surface area contributed by atoms with Gasteiger partial charge in [0.25, 0.3) is 0 Å². The summed E-state index contributed by atoms with van der Waals surface area (Å²) in [6.07, 6.45) is 1.56. The lowest BCUT2D eigenvalue weighted by Gasteiger charge is -2.40. The summed E-state index contributed by atoms with van der Waals surface area (Å²) in [6, 6.07) is 4.55. The van der Waals surface area contributed by atoms with Gasteiger partial charge in [-0.3, -0.25) is 0 Å². The molecule has 2 aliphatic heterocycles. The zero-order valence-corrected chi connectivity index (χ0v) is 20.0. The Labute approximate surface area is 190 Å². The van der Waals surface area contributed by atoms with E-state index in [0.717, 1.165) is 30.5 Å². The molecule has 0 aromatic heterocycles. The summed E-state index contributed by atoms with van der Waals surface area (Å²) in [5, 5.41) is 6.34. The SMILES string of the molecule is CC(C)(C)OC(=O)NCCC[C@H]1Nc2ccc(F)cc2[C@@H]2[C@H]1CCN2C(=O)OC(C)(C)C. The van der Waals surface area contributed by atoms with Crippen molar-refractivity contribution in [3.63, 3.8) is 0 Å². The number of anilines is 1. The number of amides is 2. The molecule has 1 saturated heterocycles. The number of fused-ring (bicyclic) bond motifs is 3. The molecule has 3 atom stereocenters. The normalized spacial score (nSPS) is 22.5. The summed E-state index contributed by atoms with van der Waals surface area (Å²) in [6.45, 7) is 12.1. The first-order chi connectivity index (χ1) is 14.8. The van der Waals surface area contributed by atoms with Crippen molar-refractivity contribution >= 4 is 17.9 Å². The maximum atomic E-state index is 14.1. The van der Waals surface area contributed by atoms with Crippen LogP contribution in [0.4, 0.5) is 19.7 Å². The second kappa shape index (κ2) is 9.16. The maximum absolute atomic E-state index is 14.1. The van der Waals surface area contributed by atoms with Crippen LogP contribution in [0.1, 0.15) is 72.4 Å². The van der Waals surface area contributed by atoms with Gasteiger partial charge in [0.15, 0.2) is 0 Å². The molecule has 3 rings (SSSR count). The minimum absolute atomic E-state index is 0.103. The van der Waals surface area contributed by atoms with E-state index in [-0.39, 0.29) is 29.9 Å². The Morgan fingerprint density at radius 3 is 2.50 bits per heavy atom. The second-order valence-corrected chi connectivity index (χ2v) is 10.6. The van der Waals surface area contributed by atoms with Crippen LogP contribution in [0.15, 0.2) is 18.2 Å². The fraction of sp³-hybridized carbons (Fsp3) is 0.667. The highest BCUT2D eigenvalue weighted by Crippen LogP contribution is 2.47. The predicted molar refractivity (Wildman–Crippen MR) is 121 cm³/mol. The van der Waals surface area contributed by atoms with E-state index < -0.39 is 17.3 Å². The van der Waals surface area contributed by atoms with Crippen LogP contribution in [-0.4, -0.2) is 47.4 Å². The number of benzene rings is 1. The second-order valence-electron chi connectivity index (χ2n) is 10.6.